The molecule has 0 aliphatic rings. The first-order chi connectivity index (χ1) is 11.8. The second kappa shape index (κ2) is 7.96. The SMILES string of the molecule is Cc1cccc(C(=O)NC(C(=O)N(C)Cc2cnn(C)c2)C(C)C)c1. The normalized spacial score (nSPS) is 12.1. The number of benzene rings is 1. The van der Waals surface area contributed by atoms with Gasteiger partial charge in [0.2, 0.25) is 5.91 Å². The van der Waals surface area contributed by atoms with E-state index in [9.17, 15) is 9.59 Å². The van der Waals surface area contributed by atoms with Crippen LogP contribution in [-0.2, 0) is 18.4 Å². The lowest BCUT2D eigenvalue weighted by atomic mass is 10.0. The molecular formula is C19H26N4O2. The smallest absolute Gasteiger partial charge is 0.251 e. The molecule has 1 heterocycles. The molecule has 0 saturated heterocycles. The Balaban J connectivity index is 2.08. The molecule has 6 nitrogen and oxygen atoms in total. The number of hydrogen-bond acceptors (Lipinski definition) is 3. The first-order valence-corrected chi connectivity index (χ1v) is 8.38. The van der Waals surface area contributed by atoms with Gasteiger partial charge in [0.05, 0.1) is 6.20 Å². The number of aryl methyl sites for hydroxylation is 2. The molecule has 25 heavy (non-hydrogen) atoms. The van der Waals surface area contributed by atoms with E-state index in [1.807, 2.05) is 52.2 Å². The Morgan fingerprint density at radius 1 is 1.32 bits per heavy atom. The van der Waals surface area contributed by atoms with E-state index in [0.29, 0.717) is 12.1 Å². The molecule has 1 N–H and O–H groups in total. The molecule has 134 valence electrons. The summed E-state index contributed by atoms with van der Waals surface area (Å²) in [5.74, 6) is -0.358. The maximum atomic E-state index is 12.8. The van der Waals surface area contributed by atoms with Crippen LogP contribution in [0.5, 0.6) is 0 Å². The van der Waals surface area contributed by atoms with Crippen LogP contribution in [0.25, 0.3) is 0 Å². The fourth-order valence-electron chi connectivity index (χ4n) is 2.67. The highest BCUT2D eigenvalue weighted by atomic mass is 16.2. The zero-order valence-corrected chi connectivity index (χ0v) is 15.5. The average Bonchev–Trinajstić information content (AvgIpc) is 2.96. The molecule has 0 saturated carbocycles. The number of rotatable bonds is 6. The number of nitrogens with one attached hydrogen (secondary N) is 1. The first-order valence-electron chi connectivity index (χ1n) is 8.38. The van der Waals surface area contributed by atoms with Crippen molar-refractivity contribution in [3.05, 3.63) is 53.3 Å². The zero-order valence-electron chi connectivity index (χ0n) is 15.5. The van der Waals surface area contributed by atoms with Gasteiger partial charge in [-0.1, -0.05) is 31.5 Å². The molecule has 0 spiro atoms. The summed E-state index contributed by atoms with van der Waals surface area (Å²) in [5, 5.41) is 6.99. The Morgan fingerprint density at radius 3 is 2.60 bits per heavy atom. The van der Waals surface area contributed by atoms with Crippen LogP contribution in [0.2, 0.25) is 0 Å². The zero-order chi connectivity index (χ0) is 18.6. The van der Waals surface area contributed by atoms with Crippen molar-refractivity contribution in [3.63, 3.8) is 0 Å². The predicted octanol–water partition coefficient (Wildman–Crippen LogP) is 2.14. The van der Waals surface area contributed by atoms with Crippen molar-refractivity contribution in [1.29, 1.82) is 0 Å². The van der Waals surface area contributed by atoms with Crippen molar-refractivity contribution in [3.8, 4) is 0 Å². The van der Waals surface area contributed by atoms with E-state index in [0.717, 1.165) is 11.1 Å². The van der Waals surface area contributed by atoms with Crippen LogP contribution in [0.3, 0.4) is 0 Å². The van der Waals surface area contributed by atoms with Gasteiger partial charge in [0.15, 0.2) is 0 Å². The standard InChI is InChI=1S/C19H26N4O2/c1-13(2)17(21-18(24)16-8-6-7-14(3)9-16)19(25)22(4)11-15-10-20-23(5)12-15/h6-10,12-13,17H,11H2,1-5H3,(H,21,24). The summed E-state index contributed by atoms with van der Waals surface area (Å²) in [4.78, 5) is 26.9. The highest BCUT2D eigenvalue weighted by Crippen LogP contribution is 2.11. The summed E-state index contributed by atoms with van der Waals surface area (Å²) in [7, 11) is 3.58. The lowest BCUT2D eigenvalue weighted by Gasteiger charge is -2.27. The minimum atomic E-state index is -0.574. The van der Waals surface area contributed by atoms with E-state index in [4.69, 9.17) is 0 Å². The predicted molar refractivity (Wildman–Crippen MR) is 97.0 cm³/mol. The van der Waals surface area contributed by atoms with E-state index in [-0.39, 0.29) is 17.7 Å². The minimum Gasteiger partial charge on any atom is -0.340 e. The Hall–Kier alpha value is -2.63. The second-order valence-corrected chi connectivity index (χ2v) is 6.78. The molecule has 0 radical (unpaired) electrons. The number of aromatic nitrogens is 2. The average molecular weight is 342 g/mol. The van der Waals surface area contributed by atoms with Crippen molar-refractivity contribution < 1.29 is 9.59 Å². The topological polar surface area (TPSA) is 67.2 Å². The molecule has 0 bridgehead atoms. The summed E-state index contributed by atoms with van der Waals surface area (Å²) < 4.78 is 1.70. The summed E-state index contributed by atoms with van der Waals surface area (Å²) in [6, 6.07) is 6.77. The Labute approximate surface area is 148 Å². The van der Waals surface area contributed by atoms with Crippen molar-refractivity contribution >= 4 is 11.8 Å². The molecule has 1 aromatic heterocycles. The largest absolute Gasteiger partial charge is 0.340 e. The molecule has 0 aliphatic carbocycles. The number of likely N-dealkylation sites (N-methyl/N-ethyl adjacent to an activating group) is 1. The summed E-state index contributed by atoms with van der Waals surface area (Å²) >= 11 is 0. The van der Waals surface area contributed by atoms with Crippen molar-refractivity contribution in [2.75, 3.05) is 7.05 Å². The van der Waals surface area contributed by atoms with E-state index >= 15 is 0 Å². The van der Waals surface area contributed by atoms with E-state index < -0.39 is 6.04 Å². The molecule has 2 aromatic rings. The third-order valence-corrected chi connectivity index (χ3v) is 4.05. The first kappa shape index (κ1) is 18.7. The minimum absolute atomic E-state index is 0.0161. The third kappa shape index (κ3) is 4.92. The molecular weight excluding hydrogens is 316 g/mol. The fourth-order valence-corrected chi connectivity index (χ4v) is 2.67. The highest BCUT2D eigenvalue weighted by molar-refractivity contribution is 5.97. The quantitative estimate of drug-likeness (QED) is 0.874. The second-order valence-electron chi connectivity index (χ2n) is 6.78. The lowest BCUT2D eigenvalue weighted by Crippen LogP contribution is -2.50. The number of carbonyl (C=O) groups is 2. The number of carbonyl (C=O) groups excluding carboxylic acids is 2. The van der Waals surface area contributed by atoms with Gasteiger partial charge >= 0.3 is 0 Å². The van der Waals surface area contributed by atoms with Gasteiger partial charge < -0.3 is 10.2 Å². The fraction of sp³-hybridized carbons (Fsp3) is 0.421. The van der Waals surface area contributed by atoms with Gasteiger partial charge in [-0.25, -0.2) is 0 Å². The van der Waals surface area contributed by atoms with Gasteiger partial charge in [-0.15, -0.1) is 0 Å². The molecule has 0 aliphatic heterocycles. The van der Waals surface area contributed by atoms with Gasteiger partial charge in [-0.2, -0.15) is 5.10 Å². The van der Waals surface area contributed by atoms with Crippen molar-refractivity contribution in [1.82, 2.24) is 20.0 Å². The van der Waals surface area contributed by atoms with Crippen LogP contribution in [0.15, 0.2) is 36.7 Å². The van der Waals surface area contributed by atoms with E-state index in [1.54, 1.807) is 28.9 Å². The summed E-state index contributed by atoms with van der Waals surface area (Å²) in [6.45, 7) is 6.24. The van der Waals surface area contributed by atoms with E-state index in [2.05, 4.69) is 10.4 Å². The molecule has 2 amide bonds. The highest BCUT2D eigenvalue weighted by Gasteiger charge is 2.27. The molecule has 2 rings (SSSR count). The van der Waals surface area contributed by atoms with Crippen molar-refractivity contribution in [2.45, 2.75) is 33.4 Å². The van der Waals surface area contributed by atoms with Gasteiger partial charge in [0, 0.05) is 38.0 Å². The van der Waals surface area contributed by atoms with Crippen molar-refractivity contribution in [2.24, 2.45) is 13.0 Å². The maximum Gasteiger partial charge on any atom is 0.251 e. The van der Waals surface area contributed by atoms with E-state index in [1.165, 1.54) is 0 Å². The Kier molecular flexibility index (Phi) is 5.96. The van der Waals surface area contributed by atoms with Gasteiger partial charge in [-0.3, -0.25) is 14.3 Å². The summed E-state index contributed by atoms with van der Waals surface area (Å²) in [5.41, 5.74) is 2.52. The van der Waals surface area contributed by atoms with Gasteiger partial charge in [0.1, 0.15) is 6.04 Å². The number of amides is 2. The molecule has 1 unspecified atom stereocenters. The van der Waals surface area contributed by atoms with Crippen LogP contribution in [-0.4, -0.2) is 39.6 Å². The van der Waals surface area contributed by atoms with Crippen LogP contribution in [0, 0.1) is 12.8 Å². The Morgan fingerprint density at radius 2 is 2.04 bits per heavy atom. The number of nitrogens with zero attached hydrogens (tertiary/aromatic N) is 3. The third-order valence-electron chi connectivity index (χ3n) is 4.05. The lowest BCUT2D eigenvalue weighted by molar-refractivity contribution is -0.133. The number of hydrogen-bond donors (Lipinski definition) is 1. The Bertz CT molecular complexity index is 751. The van der Waals surface area contributed by atoms with Gasteiger partial charge in [-0.05, 0) is 25.0 Å². The monoisotopic (exact) mass is 342 g/mol. The molecule has 1 aromatic carbocycles. The molecule has 6 heteroatoms. The maximum absolute atomic E-state index is 12.8. The van der Waals surface area contributed by atoms with Crippen LogP contribution < -0.4 is 5.32 Å². The summed E-state index contributed by atoms with van der Waals surface area (Å²) in [6.07, 6.45) is 3.61. The molecule has 1 atom stereocenters. The van der Waals surface area contributed by atoms with Crippen LogP contribution in [0.4, 0.5) is 0 Å². The molecule has 0 fully saturated rings. The van der Waals surface area contributed by atoms with Crippen LogP contribution in [0.1, 0.15) is 35.3 Å². The van der Waals surface area contributed by atoms with Crippen LogP contribution >= 0.6 is 0 Å². The van der Waals surface area contributed by atoms with Gasteiger partial charge in [0.25, 0.3) is 5.91 Å².